The van der Waals surface area contributed by atoms with Crippen LogP contribution in [0.5, 0.6) is 0 Å². The smallest absolute Gasteiger partial charge is 0.167 e. The van der Waals surface area contributed by atoms with E-state index in [4.69, 9.17) is 17.3 Å². The van der Waals surface area contributed by atoms with Gasteiger partial charge in [-0.2, -0.15) is 5.10 Å². The maximum atomic E-state index is 10.8. The normalized spacial score (nSPS) is 10.0. The van der Waals surface area contributed by atoms with Gasteiger partial charge in [0, 0.05) is 6.20 Å². The zero-order valence-electron chi connectivity index (χ0n) is 5.83. The Morgan fingerprint density at radius 3 is 3.00 bits per heavy atom. The van der Waals surface area contributed by atoms with Crippen molar-refractivity contribution in [2.45, 2.75) is 6.54 Å². The molecule has 0 saturated heterocycles. The van der Waals surface area contributed by atoms with Gasteiger partial charge in [-0.1, -0.05) is 11.6 Å². The Hall–Kier alpha value is -0.870. The van der Waals surface area contributed by atoms with Crippen molar-refractivity contribution in [2.24, 2.45) is 5.73 Å². The van der Waals surface area contributed by atoms with Gasteiger partial charge in [0.1, 0.15) is 6.54 Å². The fourth-order valence-corrected chi connectivity index (χ4v) is 0.826. The number of hydrogen-bond donors (Lipinski definition) is 1. The lowest BCUT2D eigenvalue weighted by Crippen LogP contribution is -2.19. The van der Waals surface area contributed by atoms with E-state index in [1.54, 1.807) is 6.20 Å². The van der Waals surface area contributed by atoms with Crippen LogP contribution in [0.2, 0.25) is 5.02 Å². The summed E-state index contributed by atoms with van der Waals surface area (Å²) in [4.78, 5) is 10.8. The molecule has 1 rings (SSSR count). The van der Waals surface area contributed by atoms with Gasteiger partial charge in [-0.15, -0.1) is 0 Å². The minimum absolute atomic E-state index is 0.0392. The number of Topliss-reactive ketones (excluding diaryl/α,β-unsaturated/α-hetero) is 1. The Bertz CT molecular complexity index is 258. The molecule has 4 nitrogen and oxygen atoms in total. The van der Waals surface area contributed by atoms with Crippen molar-refractivity contribution in [2.75, 3.05) is 6.54 Å². The molecular weight excluding hydrogens is 166 g/mol. The fraction of sp³-hybridized carbons (Fsp3) is 0.333. The molecule has 0 aliphatic carbocycles. The molecule has 0 unspecified atom stereocenters. The second-order valence-electron chi connectivity index (χ2n) is 2.10. The summed E-state index contributed by atoms with van der Waals surface area (Å²) in [6.07, 6.45) is 3.06. The van der Waals surface area contributed by atoms with Crippen LogP contribution in [0.25, 0.3) is 0 Å². The molecule has 60 valence electrons. The highest BCUT2D eigenvalue weighted by Crippen LogP contribution is 2.03. The number of rotatable bonds is 3. The molecular formula is C6H8ClN3O. The second kappa shape index (κ2) is 3.50. The molecule has 0 fully saturated rings. The van der Waals surface area contributed by atoms with Crippen LogP contribution in [0, 0.1) is 0 Å². The van der Waals surface area contributed by atoms with Crippen LogP contribution in [-0.4, -0.2) is 22.1 Å². The molecule has 0 aliphatic heterocycles. The van der Waals surface area contributed by atoms with Crippen LogP contribution in [-0.2, 0) is 11.3 Å². The molecule has 2 N–H and O–H groups in total. The summed E-state index contributed by atoms with van der Waals surface area (Å²) in [5, 5.41) is 4.34. The van der Waals surface area contributed by atoms with Gasteiger partial charge in [-0.05, 0) is 0 Å². The highest BCUT2D eigenvalue weighted by molar-refractivity contribution is 6.30. The van der Waals surface area contributed by atoms with E-state index in [-0.39, 0.29) is 18.9 Å². The SMILES string of the molecule is NCC(=O)Cn1cc(Cl)cn1. The minimum Gasteiger partial charge on any atom is -0.324 e. The van der Waals surface area contributed by atoms with Crippen molar-refractivity contribution in [1.82, 2.24) is 9.78 Å². The quantitative estimate of drug-likeness (QED) is 0.704. The van der Waals surface area contributed by atoms with Crippen LogP contribution >= 0.6 is 11.6 Å². The van der Waals surface area contributed by atoms with Crippen LogP contribution in [0.3, 0.4) is 0 Å². The Balaban J connectivity index is 2.57. The molecule has 0 aliphatic rings. The monoisotopic (exact) mass is 173 g/mol. The van der Waals surface area contributed by atoms with Crippen LogP contribution < -0.4 is 5.73 Å². The molecule has 1 aromatic heterocycles. The number of aromatic nitrogens is 2. The fourth-order valence-electron chi connectivity index (χ4n) is 0.670. The molecule has 11 heavy (non-hydrogen) atoms. The number of nitrogens with zero attached hydrogens (tertiary/aromatic N) is 2. The van der Waals surface area contributed by atoms with E-state index in [1.807, 2.05) is 0 Å². The third-order valence-electron chi connectivity index (χ3n) is 1.17. The molecule has 0 aromatic carbocycles. The van der Waals surface area contributed by atoms with Crippen molar-refractivity contribution in [3.05, 3.63) is 17.4 Å². The highest BCUT2D eigenvalue weighted by atomic mass is 35.5. The summed E-state index contributed by atoms with van der Waals surface area (Å²) in [6.45, 7) is 0.237. The zero-order chi connectivity index (χ0) is 8.27. The van der Waals surface area contributed by atoms with E-state index < -0.39 is 0 Å². The Morgan fingerprint density at radius 1 is 1.82 bits per heavy atom. The average Bonchev–Trinajstić information content (AvgIpc) is 2.35. The molecule has 0 bridgehead atoms. The van der Waals surface area contributed by atoms with Gasteiger partial charge in [0.05, 0.1) is 17.8 Å². The standard InChI is InChI=1S/C6H8ClN3O/c7-5-2-9-10(3-5)4-6(11)1-8/h2-3H,1,4,8H2. The number of carbonyl (C=O) groups is 1. The first-order chi connectivity index (χ1) is 5.22. The third kappa shape index (κ3) is 2.32. The number of hydrogen-bond acceptors (Lipinski definition) is 3. The highest BCUT2D eigenvalue weighted by Gasteiger charge is 2.00. The Morgan fingerprint density at radius 2 is 2.55 bits per heavy atom. The van der Waals surface area contributed by atoms with Crippen molar-refractivity contribution in [3.63, 3.8) is 0 Å². The summed E-state index contributed by atoms with van der Waals surface area (Å²) >= 11 is 5.56. The van der Waals surface area contributed by atoms with Crippen molar-refractivity contribution in [3.8, 4) is 0 Å². The zero-order valence-corrected chi connectivity index (χ0v) is 6.58. The van der Waals surface area contributed by atoms with Gasteiger partial charge in [0.15, 0.2) is 5.78 Å². The average molecular weight is 174 g/mol. The van der Waals surface area contributed by atoms with Gasteiger partial charge in [-0.25, -0.2) is 0 Å². The second-order valence-corrected chi connectivity index (χ2v) is 2.54. The van der Waals surface area contributed by atoms with E-state index >= 15 is 0 Å². The predicted octanol–water partition coefficient (Wildman–Crippen LogP) is 0.0643. The van der Waals surface area contributed by atoms with Crippen LogP contribution in [0.4, 0.5) is 0 Å². The first-order valence-electron chi connectivity index (χ1n) is 3.12. The first-order valence-corrected chi connectivity index (χ1v) is 3.50. The van der Waals surface area contributed by atoms with E-state index in [0.717, 1.165) is 0 Å². The lowest BCUT2D eigenvalue weighted by Gasteiger charge is -1.95. The molecule has 1 aromatic rings. The lowest BCUT2D eigenvalue weighted by atomic mass is 10.4. The first kappa shape index (κ1) is 8.23. The van der Waals surface area contributed by atoms with Crippen LogP contribution in [0.15, 0.2) is 12.4 Å². The summed E-state index contributed by atoms with van der Waals surface area (Å²) in [5.74, 6) is -0.0650. The van der Waals surface area contributed by atoms with E-state index in [2.05, 4.69) is 5.10 Å². The van der Waals surface area contributed by atoms with E-state index in [1.165, 1.54) is 10.9 Å². The molecule has 0 amide bonds. The summed E-state index contributed by atoms with van der Waals surface area (Å²) < 4.78 is 1.46. The summed E-state index contributed by atoms with van der Waals surface area (Å²) in [7, 11) is 0. The molecule has 5 heteroatoms. The molecule has 1 heterocycles. The third-order valence-corrected chi connectivity index (χ3v) is 1.36. The van der Waals surface area contributed by atoms with Crippen molar-refractivity contribution < 1.29 is 4.79 Å². The van der Waals surface area contributed by atoms with Gasteiger partial charge in [0.2, 0.25) is 0 Å². The number of halogens is 1. The van der Waals surface area contributed by atoms with Gasteiger partial charge < -0.3 is 5.73 Å². The summed E-state index contributed by atoms with van der Waals surface area (Å²) in [5.41, 5.74) is 5.10. The maximum Gasteiger partial charge on any atom is 0.167 e. The number of carbonyl (C=O) groups excluding carboxylic acids is 1. The van der Waals surface area contributed by atoms with Crippen LogP contribution in [0.1, 0.15) is 0 Å². The predicted molar refractivity (Wildman–Crippen MR) is 41.3 cm³/mol. The van der Waals surface area contributed by atoms with E-state index in [9.17, 15) is 4.79 Å². The number of nitrogens with two attached hydrogens (primary N) is 1. The van der Waals surface area contributed by atoms with Crippen molar-refractivity contribution in [1.29, 1.82) is 0 Å². The molecule has 0 spiro atoms. The lowest BCUT2D eigenvalue weighted by molar-refractivity contribution is -0.118. The molecule has 0 saturated carbocycles. The van der Waals surface area contributed by atoms with Crippen molar-refractivity contribution >= 4 is 17.4 Å². The molecule has 0 radical (unpaired) electrons. The van der Waals surface area contributed by atoms with E-state index in [0.29, 0.717) is 5.02 Å². The largest absolute Gasteiger partial charge is 0.324 e. The van der Waals surface area contributed by atoms with Gasteiger partial charge >= 0.3 is 0 Å². The minimum atomic E-state index is -0.0650. The Kier molecular flexibility index (Phi) is 2.62. The maximum absolute atomic E-state index is 10.8. The topological polar surface area (TPSA) is 60.9 Å². The van der Waals surface area contributed by atoms with Gasteiger partial charge in [0.25, 0.3) is 0 Å². The summed E-state index contributed by atoms with van der Waals surface area (Å²) in [6, 6.07) is 0. The van der Waals surface area contributed by atoms with Gasteiger partial charge in [-0.3, -0.25) is 9.48 Å². The molecule has 0 atom stereocenters. The Labute approximate surface area is 68.9 Å². The number of ketones is 1.